The van der Waals surface area contributed by atoms with E-state index >= 15 is 0 Å². The van der Waals surface area contributed by atoms with Crippen LogP contribution in [0.15, 0.2) is 6.20 Å². The van der Waals surface area contributed by atoms with E-state index in [1.54, 1.807) is 0 Å². The summed E-state index contributed by atoms with van der Waals surface area (Å²) in [4.78, 5) is 24.1. The maximum Gasteiger partial charge on any atom is 0.310 e. The summed E-state index contributed by atoms with van der Waals surface area (Å²) in [7, 11) is 1.06. The predicted molar refractivity (Wildman–Crippen MR) is 56.0 cm³/mol. The van der Waals surface area contributed by atoms with E-state index in [1.807, 2.05) is 0 Å². The number of hydrogen-bond acceptors (Lipinski definition) is 6. The van der Waals surface area contributed by atoms with Gasteiger partial charge in [0.25, 0.3) is 12.1 Å². The SMILES string of the molecule is COC(=O)Cc1c(N)ncc([N+](=O)[O-])c1C(F)F. The molecule has 0 amide bonds. The molecule has 1 aromatic heterocycles. The van der Waals surface area contributed by atoms with Crippen molar-refractivity contribution >= 4 is 17.5 Å². The lowest BCUT2D eigenvalue weighted by molar-refractivity contribution is -0.386. The molecule has 0 aliphatic carbocycles. The van der Waals surface area contributed by atoms with Crippen molar-refractivity contribution in [2.24, 2.45) is 0 Å². The molecule has 1 aromatic rings. The first-order valence-corrected chi connectivity index (χ1v) is 4.65. The van der Waals surface area contributed by atoms with Gasteiger partial charge in [-0.3, -0.25) is 14.9 Å². The highest BCUT2D eigenvalue weighted by Crippen LogP contribution is 2.34. The molecular formula is C9H9F2N3O4. The maximum absolute atomic E-state index is 12.8. The summed E-state index contributed by atoms with van der Waals surface area (Å²) in [5, 5.41) is 10.6. The Morgan fingerprint density at radius 3 is 2.72 bits per heavy atom. The van der Waals surface area contributed by atoms with Gasteiger partial charge in [0.2, 0.25) is 0 Å². The van der Waals surface area contributed by atoms with Gasteiger partial charge in [-0.05, 0) is 0 Å². The highest BCUT2D eigenvalue weighted by atomic mass is 19.3. The van der Waals surface area contributed by atoms with Gasteiger partial charge in [-0.2, -0.15) is 0 Å². The van der Waals surface area contributed by atoms with E-state index in [0.29, 0.717) is 6.20 Å². The molecule has 98 valence electrons. The van der Waals surface area contributed by atoms with Crippen LogP contribution in [0.25, 0.3) is 0 Å². The normalized spacial score (nSPS) is 10.4. The van der Waals surface area contributed by atoms with Crippen LogP contribution in [0.2, 0.25) is 0 Å². The number of carbonyl (C=O) groups excluding carboxylic acids is 1. The molecule has 18 heavy (non-hydrogen) atoms. The van der Waals surface area contributed by atoms with Crippen LogP contribution in [0.1, 0.15) is 17.6 Å². The zero-order chi connectivity index (χ0) is 13.9. The van der Waals surface area contributed by atoms with E-state index in [1.165, 1.54) is 0 Å². The number of aromatic nitrogens is 1. The molecule has 0 aliphatic heterocycles. The molecule has 1 rings (SSSR count). The Bertz CT molecular complexity index is 493. The first-order chi connectivity index (χ1) is 8.38. The van der Waals surface area contributed by atoms with Crippen LogP contribution in [0.3, 0.4) is 0 Å². The molecule has 0 aromatic carbocycles. The number of nitrogen functional groups attached to an aromatic ring is 1. The summed E-state index contributed by atoms with van der Waals surface area (Å²) in [6.45, 7) is 0. The Morgan fingerprint density at radius 2 is 2.28 bits per heavy atom. The van der Waals surface area contributed by atoms with Gasteiger partial charge in [-0.15, -0.1) is 0 Å². The van der Waals surface area contributed by atoms with Gasteiger partial charge in [-0.1, -0.05) is 0 Å². The minimum Gasteiger partial charge on any atom is -0.469 e. The van der Waals surface area contributed by atoms with Gasteiger partial charge in [0.05, 0.1) is 18.5 Å². The molecule has 7 nitrogen and oxygen atoms in total. The van der Waals surface area contributed by atoms with E-state index in [-0.39, 0.29) is 11.4 Å². The standard InChI is InChI=1S/C9H9F2N3O4/c1-18-6(15)2-4-7(8(10)11)5(14(16)17)3-13-9(4)12/h3,8H,2H2,1H3,(H2,12,13). The minimum absolute atomic E-state index is 0.360. The van der Waals surface area contributed by atoms with Crippen molar-refractivity contribution in [3.63, 3.8) is 0 Å². The lowest BCUT2D eigenvalue weighted by Crippen LogP contribution is -2.12. The lowest BCUT2D eigenvalue weighted by Gasteiger charge is -2.10. The Labute approximate surface area is 99.7 Å². The number of anilines is 1. The number of halogens is 2. The lowest BCUT2D eigenvalue weighted by atomic mass is 10.0. The molecule has 0 unspecified atom stereocenters. The molecule has 2 N–H and O–H groups in total. The van der Waals surface area contributed by atoms with E-state index in [0.717, 1.165) is 7.11 Å². The zero-order valence-electron chi connectivity index (χ0n) is 9.22. The minimum atomic E-state index is -3.14. The first-order valence-electron chi connectivity index (χ1n) is 4.65. The number of alkyl halides is 2. The monoisotopic (exact) mass is 261 g/mol. The summed E-state index contributed by atoms with van der Waals surface area (Å²) < 4.78 is 30.0. The number of carbonyl (C=O) groups is 1. The Morgan fingerprint density at radius 1 is 1.67 bits per heavy atom. The van der Waals surface area contributed by atoms with Crippen molar-refractivity contribution in [2.75, 3.05) is 12.8 Å². The van der Waals surface area contributed by atoms with Crippen LogP contribution in [-0.2, 0) is 16.0 Å². The molecule has 9 heteroatoms. The molecule has 0 spiro atoms. The average molecular weight is 261 g/mol. The molecule has 0 fully saturated rings. The Balaban J connectivity index is 3.41. The topological polar surface area (TPSA) is 108 Å². The van der Waals surface area contributed by atoms with Gasteiger partial charge in [0, 0.05) is 5.56 Å². The fourth-order valence-corrected chi connectivity index (χ4v) is 1.36. The average Bonchev–Trinajstić information content (AvgIpc) is 2.30. The van der Waals surface area contributed by atoms with Crippen LogP contribution >= 0.6 is 0 Å². The number of nitrogens with two attached hydrogens (primary N) is 1. The maximum atomic E-state index is 12.8. The van der Waals surface area contributed by atoms with Crippen molar-refractivity contribution in [1.82, 2.24) is 4.98 Å². The molecule has 0 bridgehead atoms. The third kappa shape index (κ3) is 2.67. The van der Waals surface area contributed by atoms with Crippen molar-refractivity contribution in [2.45, 2.75) is 12.8 Å². The van der Waals surface area contributed by atoms with Gasteiger partial charge in [0.1, 0.15) is 17.6 Å². The quantitative estimate of drug-likeness (QED) is 0.496. The smallest absolute Gasteiger partial charge is 0.310 e. The number of ether oxygens (including phenoxy) is 1. The van der Waals surface area contributed by atoms with E-state index in [4.69, 9.17) is 5.73 Å². The number of hydrogen-bond donors (Lipinski definition) is 1. The van der Waals surface area contributed by atoms with Crippen LogP contribution in [0, 0.1) is 10.1 Å². The van der Waals surface area contributed by atoms with Gasteiger partial charge >= 0.3 is 5.97 Å². The molecule has 0 atom stereocenters. The van der Waals surface area contributed by atoms with Crippen molar-refractivity contribution in [1.29, 1.82) is 0 Å². The summed E-state index contributed by atoms with van der Waals surface area (Å²) in [6, 6.07) is 0. The third-order valence-corrected chi connectivity index (χ3v) is 2.20. The molecule has 0 saturated heterocycles. The molecule has 0 aliphatic rings. The van der Waals surface area contributed by atoms with Crippen LogP contribution in [0.4, 0.5) is 20.3 Å². The van der Waals surface area contributed by atoms with Gasteiger partial charge in [-0.25, -0.2) is 13.8 Å². The fraction of sp³-hybridized carbons (Fsp3) is 0.333. The Kier molecular flexibility index (Phi) is 4.08. The number of nitro groups is 1. The van der Waals surface area contributed by atoms with Crippen LogP contribution < -0.4 is 5.73 Å². The van der Waals surface area contributed by atoms with Gasteiger partial charge < -0.3 is 10.5 Å². The van der Waals surface area contributed by atoms with Crippen LogP contribution in [-0.4, -0.2) is 23.0 Å². The zero-order valence-corrected chi connectivity index (χ0v) is 9.22. The summed E-state index contributed by atoms with van der Waals surface area (Å²) in [5.41, 5.74) is 3.19. The fourth-order valence-electron chi connectivity index (χ4n) is 1.36. The van der Waals surface area contributed by atoms with E-state index in [9.17, 15) is 23.7 Å². The molecule has 0 radical (unpaired) electrons. The molecule has 0 saturated carbocycles. The number of pyridine rings is 1. The number of methoxy groups -OCH3 is 1. The summed E-state index contributed by atoms with van der Waals surface area (Å²) in [5.74, 6) is -1.20. The second kappa shape index (κ2) is 5.34. The number of esters is 1. The number of nitrogens with zero attached hydrogens (tertiary/aromatic N) is 2. The number of rotatable bonds is 4. The van der Waals surface area contributed by atoms with Crippen LogP contribution in [0.5, 0.6) is 0 Å². The molecule has 1 heterocycles. The van der Waals surface area contributed by atoms with Crippen molar-refractivity contribution in [3.05, 3.63) is 27.4 Å². The van der Waals surface area contributed by atoms with Gasteiger partial charge in [0.15, 0.2) is 0 Å². The second-order valence-corrected chi connectivity index (χ2v) is 3.23. The molecular weight excluding hydrogens is 252 g/mol. The van der Waals surface area contributed by atoms with E-state index < -0.39 is 35.0 Å². The largest absolute Gasteiger partial charge is 0.469 e. The second-order valence-electron chi connectivity index (χ2n) is 3.23. The van der Waals surface area contributed by atoms with Crippen molar-refractivity contribution in [3.8, 4) is 0 Å². The summed E-state index contributed by atoms with van der Waals surface area (Å²) >= 11 is 0. The Hall–Kier alpha value is -2.32. The first kappa shape index (κ1) is 13.7. The third-order valence-electron chi connectivity index (χ3n) is 2.20. The highest BCUT2D eigenvalue weighted by molar-refractivity contribution is 5.75. The van der Waals surface area contributed by atoms with Crippen molar-refractivity contribution < 1.29 is 23.2 Å². The predicted octanol–water partition coefficient (Wildman–Crippen LogP) is 1.23. The summed E-state index contributed by atoms with van der Waals surface area (Å²) in [6.07, 6.45) is -3.11. The van der Waals surface area contributed by atoms with E-state index in [2.05, 4.69) is 9.72 Å². The highest BCUT2D eigenvalue weighted by Gasteiger charge is 2.29.